The van der Waals surface area contributed by atoms with E-state index in [0.717, 1.165) is 22.4 Å². The van der Waals surface area contributed by atoms with Gasteiger partial charge < -0.3 is 29.7 Å². The summed E-state index contributed by atoms with van der Waals surface area (Å²) < 4.78 is 16.4. The molecule has 0 aliphatic carbocycles. The molecule has 4 rings (SSSR count). The highest BCUT2D eigenvalue weighted by atomic mass is 16.5. The zero-order valence-corrected chi connectivity index (χ0v) is 20.9. The summed E-state index contributed by atoms with van der Waals surface area (Å²) >= 11 is 0. The summed E-state index contributed by atoms with van der Waals surface area (Å²) in [5.74, 6) is 1.67. The van der Waals surface area contributed by atoms with Gasteiger partial charge >= 0.3 is 6.03 Å². The first-order valence-electron chi connectivity index (χ1n) is 11.8. The topological polar surface area (TPSA) is 89.1 Å². The van der Waals surface area contributed by atoms with Gasteiger partial charge in [0, 0.05) is 12.2 Å². The summed E-state index contributed by atoms with van der Waals surface area (Å²) in [7, 11) is 4.81. The smallest absolute Gasteiger partial charge is 0.318 e. The van der Waals surface area contributed by atoms with Gasteiger partial charge in [-0.15, -0.1) is 0 Å². The Morgan fingerprint density at radius 2 is 1.58 bits per heavy atom. The van der Waals surface area contributed by atoms with E-state index in [1.165, 1.54) is 0 Å². The van der Waals surface area contributed by atoms with Crippen LogP contribution in [0.5, 0.6) is 17.2 Å². The molecule has 1 aliphatic rings. The molecular weight excluding hydrogens is 458 g/mol. The largest absolute Gasteiger partial charge is 0.497 e. The molecule has 0 radical (unpaired) electrons. The van der Waals surface area contributed by atoms with E-state index < -0.39 is 6.04 Å². The standard InChI is InChI=1S/C28H31N3O5/c1-18(27(32)30-21-8-6-5-7-9-21)29-28(33)31-15-14-20-16-24(35-3)25(36-4)17-23(20)26(31)19-10-12-22(34-2)13-11-19/h5-13,16-18,26H,14-15H2,1-4H3,(H,29,33)(H,30,32)/t18-,26?/m0/s1. The number of para-hydroxylation sites is 1. The highest BCUT2D eigenvalue weighted by Crippen LogP contribution is 2.41. The third kappa shape index (κ3) is 5.22. The summed E-state index contributed by atoms with van der Waals surface area (Å²) in [4.78, 5) is 28.0. The Kier molecular flexibility index (Phi) is 7.63. The maximum atomic E-state index is 13.5. The molecule has 2 N–H and O–H groups in total. The molecule has 0 saturated heterocycles. The number of benzene rings is 3. The Balaban J connectivity index is 1.63. The molecule has 8 nitrogen and oxygen atoms in total. The van der Waals surface area contributed by atoms with Crippen molar-refractivity contribution >= 4 is 17.6 Å². The number of hydrogen-bond acceptors (Lipinski definition) is 5. The Morgan fingerprint density at radius 1 is 0.917 bits per heavy atom. The fourth-order valence-electron chi connectivity index (χ4n) is 4.42. The molecule has 0 bridgehead atoms. The molecule has 0 fully saturated rings. The van der Waals surface area contributed by atoms with Crippen molar-refractivity contribution in [3.05, 3.63) is 83.4 Å². The van der Waals surface area contributed by atoms with Crippen molar-refractivity contribution in [3.63, 3.8) is 0 Å². The fraction of sp³-hybridized carbons (Fsp3) is 0.286. The lowest BCUT2D eigenvalue weighted by atomic mass is 9.87. The van der Waals surface area contributed by atoms with Gasteiger partial charge in [-0.05, 0) is 66.4 Å². The SMILES string of the molecule is COc1ccc(C2c3cc(OC)c(OC)cc3CCN2C(=O)N[C@@H](C)C(=O)Nc2ccccc2)cc1. The third-order valence-corrected chi connectivity index (χ3v) is 6.34. The van der Waals surface area contributed by atoms with Gasteiger partial charge in [0.05, 0.1) is 27.4 Å². The van der Waals surface area contributed by atoms with Crippen LogP contribution in [0.3, 0.4) is 0 Å². The number of urea groups is 1. The number of ether oxygens (including phenoxy) is 3. The molecule has 1 aliphatic heterocycles. The average molecular weight is 490 g/mol. The van der Waals surface area contributed by atoms with Crippen LogP contribution >= 0.6 is 0 Å². The van der Waals surface area contributed by atoms with Crippen molar-refractivity contribution < 1.29 is 23.8 Å². The molecule has 3 aromatic carbocycles. The van der Waals surface area contributed by atoms with Crippen LogP contribution in [0.25, 0.3) is 0 Å². The number of nitrogens with zero attached hydrogens (tertiary/aromatic N) is 1. The van der Waals surface area contributed by atoms with Crippen molar-refractivity contribution in [1.29, 1.82) is 0 Å². The summed E-state index contributed by atoms with van der Waals surface area (Å²) in [5.41, 5.74) is 3.61. The molecule has 3 aromatic rings. The van der Waals surface area contributed by atoms with Crippen LogP contribution in [0, 0.1) is 0 Å². The predicted octanol–water partition coefficient (Wildman–Crippen LogP) is 4.40. The number of carbonyl (C=O) groups is 2. The number of anilines is 1. The summed E-state index contributed by atoms with van der Waals surface area (Å²) in [6.45, 7) is 2.14. The maximum absolute atomic E-state index is 13.5. The van der Waals surface area contributed by atoms with Gasteiger partial charge in [0.2, 0.25) is 5.91 Å². The minimum absolute atomic E-state index is 0.292. The Hall–Kier alpha value is -4.20. The van der Waals surface area contributed by atoms with E-state index in [0.29, 0.717) is 30.2 Å². The van der Waals surface area contributed by atoms with Crippen molar-refractivity contribution in [2.75, 3.05) is 33.2 Å². The minimum Gasteiger partial charge on any atom is -0.497 e. The van der Waals surface area contributed by atoms with Crippen LogP contribution in [-0.2, 0) is 11.2 Å². The van der Waals surface area contributed by atoms with E-state index in [9.17, 15) is 9.59 Å². The molecular formula is C28H31N3O5. The predicted molar refractivity (Wildman–Crippen MR) is 138 cm³/mol. The average Bonchev–Trinajstić information content (AvgIpc) is 2.92. The zero-order chi connectivity index (χ0) is 25.7. The Bertz CT molecular complexity index is 1210. The summed E-state index contributed by atoms with van der Waals surface area (Å²) in [6.07, 6.45) is 0.639. The molecule has 2 atom stereocenters. The van der Waals surface area contributed by atoms with E-state index in [1.54, 1.807) is 45.3 Å². The monoisotopic (exact) mass is 489 g/mol. The zero-order valence-electron chi connectivity index (χ0n) is 20.9. The lowest BCUT2D eigenvalue weighted by Crippen LogP contribution is -2.51. The van der Waals surface area contributed by atoms with Gasteiger partial charge in [0.1, 0.15) is 11.8 Å². The molecule has 3 amide bonds. The number of carbonyl (C=O) groups excluding carboxylic acids is 2. The second-order valence-electron chi connectivity index (χ2n) is 8.55. The first-order valence-corrected chi connectivity index (χ1v) is 11.8. The van der Waals surface area contributed by atoms with Gasteiger partial charge in [-0.3, -0.25) is 4.79 Å². The number of nitrogens with one attached hydrogen (secondary N) is 2. The second-order valence-corrected chi connectivity index (χ2v) is 8.55. The van der Waals surface area contributed by atoms with E-state index in [-0.39, 0.29) is 18.0 Å². The number of amides is 3. The van der Waals surface area contributed by atoms with E-state index in [1.807, 2.05) is 54.6 Å². The Morgan fingerprint density at radius 3 is 2.22 bits per heavy atom. The van der Waals surface area contributed by atoms with Gasteiger partial charge in [0.25, 0.3) is 0 Å². The normalized spacial score (nSPS) is 15.3. The van der Waals surface area contributed by atoms with Crippen LogP contribution in [0.2, 0.25) is 0 Å². The van der Waals surface area contributed by atoms with Crippen molar-refractivity contribution in [1.82, 2.24) is 10.2 Å². The molecule has 36 heavy (non-hydrogen) atoms. The second kappa shape index (κ2) is 11.0. The number of hydrogen-bond donors (Lipinski definition) is 2. The molecule has 1 unspecified atom stereocenters. The molecule has 188 valence electrons. The number of rotatable bonds is 7. The van der Waals surface area contributed by atoms with Gasteiger partial charge in [-0.2, -0.15) is 0 Å². The van der Waals surface area contributed by atoms with Crippen molar-refractivity contribution in [2.45, 2.75) is 25.4 Å². The quantitative estimate of drug-likeness (QED) is 0.514. The molecule has 1 heterocycles. The Labute approximate surface area is 211 Å². The first kappa shape index (κ1) is 24.9. The number of methoxy groups -OCH3 is 3. The van der Waals surface area contributed by atoms with Crippen LogP contribution in [-0.4, -0.2) is 50.8 Å². The van der Waals surface area contributed by atoms with Crippen LogP contribution in [0.15, 0.2) is 66.7 Å². The van der Waals surface area contributed by atoms with Gasteiger partial charge in [-0.1, -0.05) is 30.3 Å². The van der Waals surface area contributed by atoms with Crippen LogP contribution in [0.4, 0.5) is 10.5 Å². The van der Waals surface area contributed by atoms with E-state index in [2.05, 4.69) is 10.6 Å². The first-order chi connectivity index (χ1) is 17.4. The lowest BCUT2D eigenvalue weighted by molar-refractivity contribution is -0.117. The highest BCUT2D eigenvalue weighted by Gasteiger charge is 2.34. The van der Waals surface area contributed by atoms with Gasteiger partial charge in [-0.25, -0.2) is 4.79 Å². The van der Waals surface area contributed by atoms with Crippen molar-refractivity contribution in [2.24, 2.45) is 0 Å². The fourth-order valence-corrected chi connectivity index (χ4v) is 4.42. The van der Waals surface area contributed by atoms with Gasteiger partial charge in [0.15, 0.2) is 11.5 Å². The third-order valence-electron chi connectivity index (χ3n) is 6.34. The molecule has 8 heteroatoms. The summed E-state index contributed by atoms with van der Waals surface area (Å²) in [5, 5.41) is 5.70. The molecule has 0 saturated carbocycles. The van der Waals surface area contributed by atoms with Crippen molar-refractivity contribution in [3.8, 4) is 17.2 Å². The highest BCUT2D eigenvalue weighted by molar-refractivity contribution is 5.96. The summed E-state index contributed by atoms with van der Waals surface area (Å²) in [6, 6.07) is 19.2. The molecule has 0 aromatic heterocycles. The maximum Gasteiger partial charge on any atom is 0.318 e. The van der Waals surface area contributed by atoms with E-state index >= 15 is 0 Å². The van der Waals surface area contributed by atoms with Crippen LogP contribution < -0.4 is 24.8 Å². The molecule has 0 spiro atoms. The number of fused-ring (bicyclic) bond motifs is 1. The minimum atomic E-state index is -0.735. The van der Waals surface area contributed by atoms with Crippen LogP contribution in [0.1, 0.15) is 29.7 Å². The van der Waals surface area contributed by atoms with E-state index in [4.69, 9.17) is 14.2 Å². The lowest BCUT2D eigenvalue weighted by Gasteiger charge is -2.38.